The first kappa shape index (κ1) is 35.9. The maximum absolute atomic E-state index is 3.53. The first-order valence-electron chi connectivity index (χ1n) is 14.1. The Bertz CT molecular complexity index is 1390. The molecular weight excluding hydrogens is 718 g/mol. The van der Waals surface area contributed by atoms with E-state index in [-0.39, 0.29) is 35.6 Å². The summed E-state index contributed by atoms with van der Waals surface area (Å²) in [7, 11) is 0. The van der Waals surface area contributed by atoms with Gasteiger partial charge in [0.1, 0.15) is 0 Å². The van der Waals surface area contributed by atoms with Crippen LogP contribution in [0.2, 0.25) is 0 Å². The molecular formula is C39H40Cl2Hf-2. The summed E-state index contributed by atoms with van der Waals surface area (Å²) < 4.78 is 1.46. The Labute approximate surface area is 281 Å². The Hall–Kier alpha value is -2.32. The molecule has 0 nitrogen and oxygen atoms in total. The average molecular weight is 758 g/mol. The number of benzene rings is 4. The van der Waals surface area contributed by atoms with E-state index in [0.29, 0.717) is 0 Å². The average Bonchev–Trinajstić information content (AvgIpc) is 3.64. The Balaban J connectivity index is 0.000000253. The zero-order valence-corrected chi connectivity index (χ0v) is 30.7. The van der Waals surface area contributed by atoms with Gasteiger partial charge >= 0.3 is 98.9 Å². The van der Waals surface area contributed by atoms with E-state index in [0.717, 1.165) is 36.7 Å². The fourth-order valence-corrected chi connectivity index (χ4v) is 5.90. The van der Waals surface area contributed by atoms with E-state index in [1.165, 1.54) is 47.8 Å². The fourth-order valence-electron chi connectivity index (χ4n) is 4.70. The van der Waals surface area contributed by atoms with E-state index in [4.69, 9.17) is 0 Å². The Kier molecular flexibility index (Phi) is 13.6. The molecule has 0 saturated heterocycles. The molecule has 0 heterocycles. The van der Waals surface area contributed by atoms with Crippen molar-refractivity contribution in [1.29, 1.82) is 0 Å². The van der Waals surface area contributed by atoms with Crippen molar-refractivity contribution in [2.75, 3.05) is 0 Å². The molecule has 2 aliphatic carbocycles. The quantitative estimate of drug-likeness (QED) is 0.190. The molecule has 6 rings (SSSR count). The molecule has 3 heteroatoms. The molecule has 0 aliphatic heterocycles. The van der Waals surface area contributed by atoms with Gasteiger partial charge in [0.2, 0.25) is 0 Å². The molecule has 0 atom stereocenters. The second-order valence-electron chi connectivity index (χ2n) is 12.4. The summed E-state index contributed by atoms with van der Waals surface area (Å²) in [6, 6.07) is 36.3. The first-order chi connectivity index (χ1) is 19.0. The van der Waals surface area contributed by atoms with E-state index in [1.807, 2.05) is 12.2 Å². The second-order valence-corrected chi connectivity index (χ2v) is 14.2. The molecule has 2 aliphatic rings. The van der Waals surface area contributed by atoms with Crippen LogP contribution in [0.25, 0.3) is 11.1 Å². The van der Waals surface area contributed by atoms with Crippen LogP contribution in [-0.4, -0.2) is 3.26 Å². The molecule has 42 heavy (non-hydrogen) atoms. The first-order valence-corrected chi connectivity index (χ1v) is 15.9. The molecule has 4 aromatic rings. The zero-order chi connectivity index (χ0) is 28.8. The second kappa shape index (κ2) is 15.9. The van der Waals surface area contributed by atoms with Crippen molar-refractivity contribution in [3.05, 3.63) is 155 Å². The molecule has 0 N–H and O–H groups in total. The molecule has 0 fully saturated rings. The van der Waals surface area contributed by atoms with Crippen LogP contribution in [0.1, 0.15) is 81.3 Å². The van der Waals surface area contributed by atoms with E-state index in [9.17, 15) is 0 Å². The van der Waals surface area contributed by atoms with Gasteiger partial charge in [0.25, 0.3) is 0 Å². The van der Waals surface area contributed by atoms with Gasteiger partial charge < -0.3 is 24.8 Å². The SMILES string of the molecule is CC(C)(C)c1c[c-]c2c(c1)-c1cc(C(C)(C)C)ccc1C2.[C-]1=CC=CC1.[Cl-].[Cl-].[Hf+2]=[C](c1ccccc1)c1ccccc1. The molecule has 0 amide bonds. The van der Waals surface area contributed by atoms with Gasteiger partial charge in [0.05, 0.1) is 0 Å². The summed E-state index contributed by atoms with van der Waals surface area (Å²) in [5.41, 5.74) is 11.5. The van der Waals surface area contributed by atoms with Gasteiger partial charge in [0.15, 0.2) is 0 Å². The van der Waals surface area contributed by atoms with Crippen LogP contribution >= 0.6 is 0 Å². The van der Waals surface area contributed by atoms with Crippen LogP contribution in [0.3, 0.4) is 0 Å². The van der Waals surface area contributed by atoms with Gasteiger partial charge in [-0.3, -0.25) is 6.08 Å². The number of hydrogen-bond donors (Lipinski definition) is 0. The summed E-state index contributed by atoms with van der Waals surface area (Å²) in [6.45, 7) is 13.6. The monoisotopic (exact) mass is 758 g/mol. The summed E-state index contributed by atoms with van der Waals surface area (Å²) in [5, 5.41) is 0. The normalized spacial score (nSPS) is 12.4. The summed E-state index contributed by atoms with van der Waals surface area (Å²) in [6.07, 6.45) is 11.0. The Morgan fingerprint density at radius 1 is 0.690 bits per heavy atom. The maximum atomic E-state index is 3.53. The Morgan fingerprint density at radius 3 is 1.69 bits per heavy atom. The topological polar surface area (TPSA) is 0 Å². The minimum absolute atomic E-state index is 0. The predicted octanol–water partition coefficient (Wildman–Crippen LogP) is 3.77. The van der Waals surface area contributed by atoms with Crippen molar-refractivity contribution >= 4 is 3.26 Å². The molecule has 4 aromatic carbocycles. The van der Waals surface area contributed by atoms with Crippen molar-refractivity contribution < 1.29 is 48.7 Å². The number of rotatable bonds is 2. The van der Waals surface area contributed by atoms with Crippen LogP contribution in [0.4, 0.5) is 0 Å². The Morgan fingerprint density at radius 2 is 1.24 bits per heavy atom. The van der Waals surface area contributed by atoms with Crippen molar-refractivity contribution in [3.63, 3.8) is 0 Å². The van der Waals surface area contributed by atoms with E-state index in [2.05, 4.69) is 151 Å². The molecule has 0 bridgehead atoms. The van der Waals surface area contributed by atoms with Gasteiger partial charge in [-0.25, -0.2) is 12.2 Å². The van der Waals surface area contributed by atoms with Gasteiger partial charge in [0, 0.05) is 0 Å². The molecule has 0 radical (unpaired) electrons. The molecule has 0 unspecified atom stereocenters. The fraction of sp³-hybridized carbons (Fsp3) is 0.256. The van der Waals surface area contributed by atoms with Crippen LogP contribution in [0, 0.1) is 12.1 Å². The van der Waals surface area contributed by atoms with Crippen LogP contribution < -0.4 is 24.8 Å². The van der Waals surface area contributed by atoms with Crippen LogP contribution in [0.5, 0.6) is 0 Å². The third-order valence-corrected chi connectivity index (χ3v) is 9.31. The molecule has 216 valence electrons. The molecule has 0 aromatic heterocycles. The predicted molar refractivity (Wildman–Crippen MR) is 169 cm³/mol. The molecule has 0 spiro atoms. The summed E-state index contributed by atoms with van der Waals surface area (Å²) >= 11 is 1.08. The minimum atomic E-state index is 0. The van der Waals surface area contributed by atoms with E-state index in [1.54, 1.807) is 0 Å². The van der Waals surface area contributed by atoms with Gasteiger partial charge in [-0.1, -0.05) is 76.3 Å². The van der Waals surface area contributed by atoms with Crippen LogP contribution in [-0.2, 0) is 41.1 Å². The number of hydrogen-bond acceptors (Lipinski definition) is 0. The zero-order valence-electron chi connectivity index (χ0n) is 25.6. The standard InChI is InChI=1S/C21H25.C13H10.C5H5.2ClH.Hf/c1-20(2,3)16-9-7-14-11-15-8-10-17(21(4,5)6)13-19(15)18(14)12-16;1-3-7-12(8-4-1)11-13-9-5-2-6-10-13;1-2-4-5-3-1;;;/h7,9-10,12-13H,11H2,1-6H3;1-10H;1-3H,4H2;2*1H;/q-1;;-1;;;+2/p-2. The number of halogens is 2. The van der Waals surface area contributed by atoms with Crippen molar-refractivity contribution in [3.8, 4) is 11.1 Å². The van der Waals surface area contributed by atoms with Crippen molar-refractivity contribution in [1.82, 2.24) is 0 Å². The third kappa shape index (κ3) is 9.60. The van der Waals surface area contributed by atoms with Crippen molar-refractivity contribution in [2.45, 2.75) is 65.2 Å². The van der Waals surface area contributed by atoms with Crippen molar-refractivity contribution in [2.24, 2.45) is 0 Å². The number of allylic oxidation sites excluding steroid dienone is 4. The summed E-state index contributed by atoms with van der Waals surface area (Å²) in [4.78, 5) is 0. The summed E-state index contributed by atoms with van der Waals surface area (Å²) in [5.74, 6) is 0. The van der Waals surface area contributed by atoms with Crippen LogP contribution in [0.15, 0.2) is 109 Å². The van der Waals surface area contributed by atoms with E-state index < -0.39 is 0 Å². The van der Waals surface area contributed by atoms with Gasteiger partial charge in [-0.15, -0.1) is 12.0 Å². The molecule has 0 saturated carbocycles. The third-order valence-electron chi connectivity index (χ3n) is 7.24. The van der Waals surface area contributed by atoms with E-state index >= 15 is 0 Å². The van der Waals surface area contributed by atoms with Gasteiger partial charge in [-0.2, -0.15) is 35.4 Å². The number of fused-ring (bicyclic) bond motifs is 3. The van der Waals surface area contributed by atoms with Gasteiger partial charge in [-0.05, 0) is 17.4 Å².